The van der Waals surface area contributed by atoms with Crippen LogP contribution in [0.4, 0.5) is 0 Å². The lowest BCUT2D eigenvalue weighted by molar-refractivity contribution is 0.0925. The highest BCUT2D eigenvalue weighted by Gasteiger charge is 2.25. The lowest BCUT2D eigenvalue weighted by Crippen LogP contribution is -2.36. The van der Waals surface area contributed by atoms with Gasteiger partial charge in [0.1, 0.15) is 4.88 Å². The van der Waals surface area contributed by atoms with Gasteiger partial charge in [-0.2, -0.15) is 0 Å². The predicted octanol–water partition coefficient (Wildman–Crippen LogP) is 5.54. The summed E-state index contributed by atoms with van der Waals surface area (Å²) in [5.41, 5.74) is 1.84. The molecule has 2 amide bonds. The first-order valence-electron chi connectivity index (χ1n) is 11.0. The molecule has 29 heavy (non-hydrogen) atoms. The molecule has 0 aliphatic heterocycles. The molecule has 2 fully saturated rings. The summed E-state index contributed by atoms with van der Waals surface area (Å²) in [6, 6.07) is 12.3. The molecule has 154 valence electrons. The zero-order valence-corrected chi connectivity index (χ0v) is 17.7. The maximum atomic E-state index is 13.1. The van der Waals surface area contributed by atoms with Crippen LogP contribution in [0.5, 0.6) is 0 Å². The van der Waals surface area contributed by atoms with E-state index in [-0.39, 0.29) is 23.9 Å². The highest BCUT2D eigenvalue weighted by atomic mass is 32.1. The van der Waals surface area contributed by atoms with Crippen molar-refractivity contribution in [2.24, 2.45) is 0 Å². The average molecular weight is 411 g/mol. The second-order valence-electron chi connectivity index (χ2n) is 8.34. The third-order valence-electron chi connectivity index (χ3n) is 6.13. The van der Waals surface area contributed by atoms with Crippen LogP contribution in [0.15, 0.2) is 36.4 Å². The van der Waals surface area contributed by atoms with Crippen molar-refractivity contribution in [3.8, 4) is 11.1 Å². The second-order valence-corrected chi connectivity index (χ2v) is 9.39. The van der Waals surface area contributed by atoms with Crippen LogP contribution in [0.25, 0.3) is 11.1 Å². The third-order valence-corrected chi connectivity index (χ3v) is 7.26. The van der Waals surface area contributed by atoms with Crippen molar-refractivity contribution < 1.29 is 9.59 Å². The number of amides is 2. The quantitative estimate of drug-likeness (QED) is 0.680. The van der Waals surface area contributed by atoms with Gasteiger partial charge in [0.25, 0.3) is 11.8 Å². The van der Waals surface area contributed by atoms with E-state index in [4.69, 9.17) is 0 Å². The summed E-state index contributed by atoms with van der Waals surface area (Å²) in [4.78, 5) is 27.3. The number of hydrogen-bond acceptors (Lipinski definition) is 3. The molecule has 1 aromatic carbocycles. The predicted molar refractivity (Wildman–Crippen MR) is 118 cm³/mol. The monoisotopic (exact) mass is 410 g/mol. The molecule has 4 nitrogen and oxygen atoms in total. The smallest absolute Gasteiger partial charge is 0.262 e. The van der Waals surface area contributed by atoms with E-state index in [0.29, 0.717) is 9.75 Å². The van der Waals surface area contributed by atoms with E-state index < -0.39 is 0 Å². The Morgan fingerprint density at radius 1 is 0.759 bits per heavy atom. The Hall–Kier alpha value is -2.14. The van der Waals surface area contributed by atoms with Gasteiger partial charge < -0.3 is 10.6 Å². The summed E-state index contributed by atoms with van der Waals surface area (Å²) in [5.74, 6) is -0.0896. The Kier molecular flexibility index (Phi) is 6.65. The molecule has 0 bridgehead atoms. The molecule has 1 heterocycles. The molecule has 0 unspecified atom stereocenters. The van der Waals surface area contributed by atoms with E-state index in [1.807, 2.05) is 36.4 Å². The number of rotatable bonds is 5. The molecule has 5 heteroatoms. The fourth-order valence-electron chi connectivity index (χ4n) is 4.51. The van der Waals surface area contributed by atoms with Crippen molar-refractivity contribution in [1.29, 1.82) is 0 Å². The molecule has 0 radical (unpaired) electrons. The first kappa shape index (κ1) is 20.1. The van der Waals surface area contributed by atoms with E-state index in [1.54, 1.807) is 0 Å². The summed E-state index contributed by atoms with van der Waals surface area (Å²) in [7, 11) is 0. The molecule has 2 aliphatic carbocycles. The van der Waals surface area contributed by atoms with Crippen LogP contribution in [-0.2, 0) is 0 Å². The topological polar surface area (TPSA) is 58.2 Å². The number of thiophene rings is 1. The summed E-state index contributed by atoms with van der Waals surface area (Å²) >= 11 is 1.32. The van der Waals surface area contributed by atoms with Crippen molar-refractivity contribution in [3.05, 3.63) is 46.2 Å². The van der Waals surface area contributed by atoms with Gasteiger partial charge in [0, 0.05) is 17.6 Å². The van der Waals surface area contributed by atoms with Crippen LogP contribution in [0.1, 0.15) is 83.6 Å². The number of carbonyl (C=O) groups excluding carboxylic acids is 2. The molecule has 2 saturated carbocycles. The molecule has 0 saturated heterocycles. The minimum atomic E-state index is -0.0456. The van der Waals surface area contributed by atoms with Crippen LogP contribution in [0.2, 0.25) is 0 Å². The van der Waals surface area contributed by atoms with Gasteiger partial charge in [-0.15, -0.1) is 11.3 Å². The molecule has 0 spiro atoms. The molecule has 2 aliphatic rings. The maximum absolute atomic E-state index is 13.1. The Balaban J connectivity index is 1.56. The summed E-state index contributed by atoms with van der Waals surface area (Å²) in [6.45, 7) is 0. The number of nitrogens with one attached hydrogen (secondary N) is 2. The summed E-state index contributed by atoms with van der Waals surface area (Å²) in [6.07, 6.45) is 11.4. The minimum absolute atomic E-state index is 0.0440. The van der Waals surface area contributed by atoms with Crippen molar-refractivity contribution >= 4 is 23.2 Å². The summed E-state index contributed by atoms with van der Waals surface area (Å²) in [5, 5.41) is 6.41. The Bertz CT molecular complexity index is 834. The van der Waals surface area contributed by atoms with Gasteiger partial charge in [-0.05, 0) is 37.3 Å². The van der Waals surface area contributed by atoms with Crippen molar-refractivity contribution in [2.45, 2.75) is 76.3 Å². The van der Waals surface area contributed by atoms with Gasteiger partial charge in [-0.1, -0.05) is 68.9 Å². The van der Waals surface area contributed by atoms with Gasteiger partial charge in [-0.3, -0.25) is 9.59 Å². The number of benzene rings is 1. The van der Waals surface area contributed by atoms with E-state index in [2.05, 4.69) is 10.6 Å². The summed E-state index contributed by atoms with van der Waals surface area (Å²) < 4.78 is 0. The molecule has 2 N–H and O–H groups in total. The van der Waals surface area contributed by atoms with Gasteiger partial charge >= 0.3 is 0 Å². The highest BCUT2D eigenvalue weighted by Crippen LogP contribution is 2.32. The van der Waals surface area contributed by atoms with Crippen molar-refractivity contribution in [2.75, 3.05) is 0 Å². The minimum Gasteiger partial charge on any atom is -0.349 e. The van der Waals surface area contributed by atoms with Gasteiger partial charge in [0.2, 0.25) is 0 Å². The molecule has 1 aromatic heterocycles. The maximum Gasteiger partial charge on any atom is 0.262 e. The van der Waals surface area contributed by atoms with Crippen LogP contribution in [-0.4, -0.2) is 23.9 Å². The van der Waals surface area contributed by atoms with Gasteiger partial charge in [0.15, 0.2) is 0 Å². The largest absolute Gasteiger partial charge is 0.349 e. The number of hydrogen-bond donors (Lipinski definition) is 2. The van der Waals surface area contributed by atoms with Crippen LogP contribution in [0, 0.1) is 0 Å². The third kappa shape index (κ3) is 5.08. The molecular weight excluding hydrogens is 380 g/mol. The normalized spacial score (nSPS) is 18.3. The van der Waals surface area contributed by atoms with Gasteiger partial charge in [-0.25, -0.2) is 0 Å². The molecular formula is C24H30N2O2S. The van der Waals surface area contributed by atoms with Crippen LogP contribution in [0.3, 0.4) is 0 Å². The van der Waals surface area contributed by atoms with Crippen LogP contribution < -0.4 is 10.6 Å². The van der Waals surface area contributed by atoms with Crippen molar-refractivity contribution in [1.82, 2.24) is 10.6 Å². The Morgan fingerprint density at radius 2 is 1.31 bits per heavy atom. The fourth-order valence-corrected chi connectivity index (χ4v) is 5.49. The standard InChI is InChI=1S/C24H30N2O2S/c27-23(25-18-12-6-2-7-13-18)21-16-20(17-10-4-1-5-11-17)22(29-21)24(28)26-19-14-8-3-9-15-19/h1,4-5,10-11,16,18-19H,2-3,6-9,12-15H2,(H,25,27)(H,26,28). The molecule has 4 rings (SSSR count). The van der Waals surface area contributed by atoms with E-state index in [1.165, 1.54) is 49.9 Å². The Labute approximate surface area is 177 Å². The first-order valence-corrected chi connectivity index (χ1v) is 11.8. The number of carbonyl (C=O) groups is 2. The van der Waals surface area contributed by atoms with E-state index in [9.17, 15) is 9.59 Å². The van der Waals surface area contributed by atoms with E-state index in [0.717, 1.165) is 36.8 Å². The molecule has 2 aromatic rings. The van der Waals surface area contributed by atoms with Gasteiger partial charge in [0.05, 0.1) is 4.88 Å². The van der Waals surface area contributed by atoms with Crippen LogP contribution >= 0.6 is 11.3 Å². The molecule has 0 atom stereocenters. The first-order chi connectivity index (χ1) is 14.2. The lowest BCUT2D eigenvalue weighted by atomic mass is 9.95. The van der Waals surface area contributed by atoms with E-state index >= 15 is 0 Å². The lowest BCUT2D eigenvalue weighted by Gasteiger charge is -2.22. The fraction of sp³-hybridized carbons (Fsp3) is 0.500. The SMILES string of the molecule is O=C(NC1CCCCC1)c1cc(-c2ccccc2)c(C(=O)NC2CCCCC2)s1. The Morgan fingerprint density at radius 3 is 1.90 bits per heavy atom. The average Bonchev–Trinajstić information content (AvgIpc) is 3.22. The zero-order chi connectivity index (χ0) is 20.1. The highest BCUT2D eigenvalue weighted by molar-refractivity contribution is 7.16. The second kappa shape index (κ2) is 9.57. The zero-order valence-electron chi connectivity index (χ0n) is 16.9. The van der Waals surface area contributed by atoms with Crippen molar-refractivity contribution in [3.63, 3.8) is 0 Å².